The highest BCUT2D eigenvalue weighted by Crippen LogP contribution is 2.34. The van der Waals surface area contributed by atoms with Crippen molar-refractivity contribution in [1.82, 2.24) is 10.5 Å². The molecule has 0 unspecified atom stereocenters. The minimum Gasteiger partial charge on any atom is -0.454 e. The van der Waals surface area contributed by atoms with Gasteiger partial charge in [0.15, 0.2) is 17.3 Å². The Morgan fingerprint density at radius 1 is 0.935 bits per heavy atom. The summed E-state index contributed by atoms with van der Waals surface area (Å²) in [5.41, 5.74) is 2.48. The van der Waals surface area contributed by atoms with Crippen molar-refractivity contribution in [2.75, 3.05) is 18.7 Å². The molecule has 0 saturated carbocycles. The lowest BCUT2D eigenvalue weighted by Crippen LogP contribution is -2.32. The van der Waals surface area contributed by atoms with E-state index in [0.717, 1.165) is 10.9 Å². The molecule has 8 heteroatoms. The van der Waals surface area contributed by atoms with Gasteiger partial charge in [0.25, 0.3) is 5.91 Å². The molecule has 0 fully saturated rings. The summed E-state index contributed by atoms with van der Waals surface area (Å²) in [5, 5.41) is 10.1. The molecule has 0 saturated heterocycles. The van der Waals surface area contributed by atoms with Crippen molar-refractivity contribution in [1.29, 1.82) is 0 Å². The van der Waals surface area contributed by atoms with Gasteiger partial charge in [-0.15, -0.1) is 0 Å². The van der Waals surface area contributed by atoms with Gasteiger partial charge in [-0.25, -0.2) is 0 Å². The minimum absolute atomic E-state index is 0.158. The molecule has 0 atom stereocenters. The second-order valence-electron chi connectivity index (χ2n) is 6.91. The summed E-state index contributed by atoms with van der Waals surface area (Å²) in [6.45, 7) is -0.0220. The molecule has 1 aliphatic rings. The van der Waals surface area contributed by atoms with E-state index in [1.54, 1.807) is 36.4 Å². The molecule has 5 rings (SSSR count). The van der Waals surface area contributed by atoms with Crippen LogP contribution in [0.15, 0.2) is 71.3 Å². The standard InChI is InChI=1S/C23H17N3O5/c27-21(25-16-7-9-19-20(11-16)30-13-29-19)12-24-23(28)15-6-8-18-17(10-15)22(31-26-18)14-4-2-1-3-5-14/h1-11H,12-13H2,(H,24,28)(H,25,27). The Labute approximate surface area is 176 Å². The van der Waals surface area contributed by atoms with E-state index in [0.29, 0.717) is 34.0 Å². The van der Waals surface area contributed by atoms with E-state index in [9.17, 15) is 9.59 Å². The first kappa shape index (κ1) is 18.7. The van der Waals surface area contributed by atoms with Gasteiger partial charge in [-0.1, -0.05) is 35.5 Å². The number of aromatic nitrogens is 1. The van der Waals surface area contributed by atoms with Crippen LogP contribution >= 0.6 is 0 Å². The quantitative estimate of drug-likeness (QED) is 0.516. The Hall–Kier alpha value is -4.33. The summed E-state index contributed by atoms with van der Waals surface area (Å²) < 4.78 is 16.0. The van der Waals surface area contributed by atoms with Gasteiger partial charge in [-0.05, 0) is 30.3 Å². The van der Waals surface area contributed by atoms with Crippen LogP contribution in [0.5, 0.6) is 11.5 Å². The number of nitrogens with one attached hydrogen (secondary N) is 2. The molecule has 0 aliphatic carbocycles. The average molecular weight is 415 g/mol. The van der Waals surface area contributed by atoms with Crippen LogP contribution in [0.2, 0.25) is 0 Å². The lowest BCUT2D eigenvalue weighted by atomic mass is 10.1. The van der Waals surface area contributed by atoms with Gasteiger partial charge in [-0.2, -0.15) is 0 Å². The molecule has 31 heavy (non-hydrogen) atoms. The predicted octanol–water partition coefficient (Wildman–Crippen LogP) is 3.59. The van der Waals surface area contributed by atoms with Gasteiger partial charge < -0.3 is 24.6 Å². The number of hydrogen-bond acceptors (Lipinski definition) is 6. The lowest BCUT2D eigenvalue weighted by Gasteiger charge is -2.08. The molecular weight excluding hydrogens is 398 g/mol. The van der Waals surface area contributed by atoms with Gasteiger partial charge >= 0.3 is 0 Å². The first-order chi connectivity index (χ1) is 15.2. The van der Waals surface area contributed by atoms with Crippen LogP contribution in [0.1, 0.15) is 10.4 Å². The third kappa shape index (κ3) is 3.78. The normalized spacial score (nSPS) is 12.0. The van der Waals surface area contributed by atoms with Crippen molar-refractivity contribution < 1.29 is 23.6 Å². The number of rotatable bonds is 5. The smallest absolute Gasteiger partial charge is 0.251 e. The van der Waals surface area contributed by atoms with Gasteiger partial charge in [0, 0.05) is 22.9 Å². The summed E-state index contributed by atoms with van der Waals surface area (Å²) in [5.74, 6) is 1.06. The van der Waals surface area contributed by atoms with Crippen LogP contribution in [0, 0.1) is 0 Å². The molecule has 1 aromatic heterocycles. The Morgan fingerprint density at radius 2 is 1.77 bits per heavy atom. The zero-order valence-corrected chi connectivity index (χ0v) is 16.3. The van der Waals surface area contributed by atoms with E-state index >= 15 is 0 Å². The number of hydrogen-bond donors (Lipinski definition) is 2. The predicted molar refractivity (Wildman–Crippen MR) is 113 cm³/mol. The number of carbonyl (C=O) groups excluding carboxylic acids is 2. The second-order valence-corrected chi connectivity index (χ2v) is 6.91. The summed E-state index contributed by atoms with van der Waals surface area (Å²) in [4.78, 5) is 24.8. The van der Waals surface area contributed by atoms with E-state index < -0.39 is 0 Å². The van der Waals surface area contributed by atoms with Crippen molar-refractivity contribution in [2.24, 2.45) is 0 Å². The number of amides is 2. The van der Waals surface area contributed by atoms with Crippen LogP contribution in [0.3, 0.4) is 0 Å². The highest BCUT2D eigenvalue weighted by atomic mass is 16.7. The molecule has 0 bridgehead atoms. The molecular formula is C23H17N3O5. The highest BCUT2D eigenvalue weighted by Gasteiger charge is 2.16. The van der Waals surface area contributed by atoms with Gasteiger partial charge in [0.05, 0.1) is 11.9 Å². The Balaban J connectivity index is 1.26. The topological polar surface area (TPSA) is 103 Å². The number of nitrogens with zero attached hydrogens (tertiary/aromatic N) is 1. The van der Waals surface area contributed by atoms with Gasteiger partial charge in [0.2, 0.25) is 12.7 Å². The highest BCUT2D eigenvalue weighted by molar-refractivity contribution is 6.03. The third-order valence-electron chi connectivity index (χ3n) is 4.84. The van der Waals surface area contributed by atoms with Gasteiger partial charge in [0.1, 0.15) is 5.52 Å². The Bertz CT molecular complexity index is 1280. The van der Waals surface area contributed by atoms with Crippen LogP contribution in [-0.2, 0) is 4.79 Å². The summed E-state index contributed by atoms with van der Waals surface area (Å²) >= 11 is 0. The maximum absolute atomic E-state index is 12.6. The molecule has 3 aromatic carbocycles. The monoisotopic (exact) mass is 415 g/mol. The molecule has 8 nitrogen and oxygen atoms in total. The molecule has 4 aromatic rings. The van der Waals surface area contributed by atoms with Crippen molar-refractivity contribution in [3.8, 4) is 22.8 Å². The fraction of sp³-hybridized carbons (Fsp3) is 0.0870. The number of ether oxygens (including phenoxy) is 2. The number of carbonyl (C=O) groups is 2. The van der Waals surface area contributed by atoms with E-state index in [2.05, 4.69) is 15.8 Å². The molecule has 154 valence electrons. The molecule has 2 amide bonds. The van der Waals surface area contributed by atoms with Crippen LogP contribution in [0.25, 0.3) is 22.2 Å². The van der Waals surface area contributed by atoms with Crippen molar-refractivity contribution in [2.45, 2.75) is 0 Å². The first-order valence-corrected chi connectivity index (χ1v) is 9.60. The second kappa shape index (κ2) is 7.83. The zero-order valence-electron chi connectivity index (χ0n) is 16.3. The maximum atomic E-state index is 12.6. The Kier molecular flexibility index (Phi) is 4.72. The van der Waals surface area contributed by atoms with Crippen molar-refractivity contribution in [3.05, 3.63) is 72.3 Å². The van der Waals surface area contributed by atoms with Crippen molar-refractivity contribution in [3.63, 3.8) is 0 Å². The zero-order chi connectivity index (χ0) is 21.2. The van der Waals surface area contributed by atoms with E-state index in [4.69, 9.17) is 14.0 Å². The fourth-order valence-corrected chi connectivity index (χ4v) is 3.32. The lowest BCUT2D eigenvalue weighted by molar-refractivity contribution is -0.115. The molecule has 2 heterocycles. The van der Waals surface area contributed by atoms with E-state index in [1.807, 2.05) is 30.3 Å². The summed E-state index contributed by atoms with van der Waals surface area (Å²) in [6, 6.07) is 19.7. The molecule has 0 spiro atoms. The average Bonchev–Trinajstić information content (AvgIpc) is 3.44. The summed E-state index contributed by atoms with van der Waals surface area (Å²) in [7, 11) is 0. The molecule has 1 aliphatic heterocycles. The van der Waals surface area contributed by atoms with Crippen LogP contribution in [-0.4, -0.2) is 30.3 Å². The molecule has 0 radical (unpaired) electrons. The van der Waals surface area contributed by atoms with Crippen molar-refractivity contribution >= 4 is 28.4 Å². The van der Waals surface area contributed by atoms with E-state index in [-0.39, 0.29) is 25.2 Å². The number of benzene rings is 3. The molecule has 2 N–H and O–H groups in total. The van der Waals surface area contributed by atoms with Gasteiger partial charge in [-0.3, -0.25) is 9.59 Å². The maximum Gasteiger partial charge on any atom is 0.251 e. The number of anilines is 1. The summed E-state index contributed by atoms with van der Waals surface area (Å²) in [6.07, 6.45) is 0. The fourth-order valence-electron chi connectivity index (χ4n) is 3.32. The van der Waals surface area contributed by atoms with Crippen LogP contribution in [0.4, 0.5) is 5.69 Å². The first-order valence-electron chi connectivity index (χ1n) is 9.60. The number of fused-ring (bicyclic) bond motifs is 2. The van der Waals surface area contributed by atoms with E-state index in [1.165, 1.54) is 0 Å². The van der Waals surface area contributed by atoms with Crippen LogP contribution < -0.4 is 20.1 Å². The Morgan fingerprint density at radius 3 is 2.65 bits per heavy atom. The third-order valence-corrected chi connectivity index (χ3v) is 4.84. The minimum atomic E-state index is -0.372. The largest absolute Gasteiger partial charge is 0.454 e. The SMILES string of the molecule is O=C(CNC(=O)c1ccc2noc(-c3ccccc3)c2c1)Nc1ccc2c(c1)OCO2.